The minimum atomic E-state index is -3.75. The van der Waals surface area contributed by atoms with Crippen molar-refractivity contribution in [3.05, 3.63) is 88.0 Å². The van der Waals surface area contributed by atoms with Crippen molar-refractivity contribution in [2.75, 3.05) is 6.54 Å². The van der Waals surface area contributed by atoms with Crippen LogP contribution in [0.15, 0.2) is 79.1 Å². The van der Waals surface area contributed by atoms with E-state index in [9.17, 15) is 26.7 Å². The number of aromatic hydroxyl groups is 1. The summed E-state index contributed by atoms with van der Waals surface area (Å²) >= 11 is 0. The third-order valence-corrected chi connectivity index (χ3v) is 8.07. The van der Waals surface area contributed by atoms with Crippen LogP contribution in [-0.4, -0.2) is 28.5 Å². The normalized spacial score (nSPS) is 15.2. The molecule has 0 radical (unpaired) electrons. The average molecular weight is 531 g/mol. The summed E-state index contributed by atoms with van der Waals surface area (Å²) in [6.07, 6.45) is 2.15. The fourth-order valence-electron chi connectivity index (χ4n) is 4.30. The highest BCUT2D eigenvalue weighted by molar-refractivity contribution is 7.89. The van der Waals surface area contributed by atoms with Crippen LogP contribution in [0, 0.1) is 5.92 Å². The average Bonchev–Trinajstić information content (AvgIpc) is 3.67. The van der Waals surface area contributed by atoms with E-state index in [-0.39, 0.29) is 40.1 Å². The fourth-order valence-corrected chi connectivity index (χ4v) is 5.69. The molecule has 9 nitrogen and oxygen atoms in total. The molecule has 0 aliphatic heterocycles. The summed E-state index contributed by atoms with van der Waals surface area (Å²) in [6, 6.07) is 15.8. The van der Waals surface area contributed by atoms with Gasteiger partial charge in [0, 0.05) is 24.4 Å². The van der Waals surface area contributed by atoms with Crippen molar-refractivity contribution in [1.82, 2.24) is 4.72 Å². The molecule has 1 fully saturated rings. The van der Waals surface area contributed by atoms with E-state index in [0.29, 0.717) is 12.0 Å². The van der Waals surface area contributed by atoms with Crippen molar-refractivity contribution in [2.24, 2.45) is 10.3 Å². The number of nitrogens with one attached hydrogen (secondary N) is 1. The Bertz CT molecular complexity index is 1540. The smallest absolute Gasteiger partial charge is 0.343 e. The summed E-state index contributed by atoms with van der Waals surface area (Å²) in [5.41, 5.74) is 0.272. The third kappa shape index (κ3) is 5.92. The lowest BCUT2D eigenvalue weighted by atomic mass is 9.87. The molecular weight excluding hydrogens is 504 g/mol. The van der Waals surface area contributed by atoms with E-state index in [4.69, 9.17) is 4.42 Å². The maximum Gasteiger partial charge on any atom is 0.343 e. The van der Waals surface area contributed by atoms with Crippen LogP contribution in [0.3, 0.4) is 0 Å². The lowest BCUT2D eigenvalue weighted by Gasteiger charge is -2.20. The fraction of sp³-hybridized carbons (Fsp3) is 0.320. The van der Waals surface area contributed by atoms with Crippen molar-refractivity contribution in [2.45, 2.75) is 42.9 Å². The second-order valence-electron chi connectivity index (χ2n) is 8.72. The summed E-state index contributed by atoms with van der Waals surface area (Å²) in [7, 11) is -6.37. The van der Waals surface area contributed by atoms with Crippen LogP contribution in [0.4, 0.5) is 5.69 Å². The molecule has 36 heavy (non-hydrogen) atoms. The summed E-state index contributed by atoms with van der Waals surface area (Å²) in [5.74, 6) is -0.930. The Morgan fingerprint density at radius 1 is 1.11 bits per heavy atom. The van der Waals surface area contributed by atoms with Gasteiger partial charge in [-0.25, -0.2) is 17.9 Å². The maximum absolute atomic E-state index is 13.1. The summed E-state index contributed by atoms with van der Waals surface area (Å²) < 4.78 is 58.8. The van der Waals surface area contributed by atoms with E-state index < -0.39 is 38.0 Å². The van der Waals surface area contributed by atoms with Crippen LogP contribution < -0.4 is 10.3 Å². The minimum absolute atomic E-state index is 0.0165. The van der Waals surface area contributed by atoms with E-state index in [1.807, 2.05) is 6.92 Å². The minimum Gasteiger partial charge on any atom is -0.507 e. The summed E-state index contributed by atoms with van der Waals surface area (Å²) in [6.45, 7) is 1.81. The Labute approximate surface area is 210 Å². The number of nitrogens with zero attached hydrogens (tertiary/aromatic N) is 1. The second-order valence-corrected chi connectivity index (χ2v) is 11.1. The van der Waals surface area contributed by atoms with Crippen molar-refractivity contribution >= 4 is 26.2 Å². The van der Waals surface area contributed by atoms with Crippen molar-refractivity contribution in [3.8, 4) is 5.75 Å². The molecule has 4 rings (SSSR count). The van der Waals surface area contributed by atoms with Gasteiger partial charge < -0.3 is 9.52 Å². The molecule has 1 aliphatic rings. The first kappa shape index (κ1) is 25.8. The van der Waals surface area contributed by atoms with Gasteiger partial charge in [0.15, 0.2) is 0 Å². The molecule has 2 N–H and O–H groups in total. The van der Waals surface area contributed by atoms with Crippen LogP contribution in [-0.2, 0) is 20.5 Å². The first-order valence-corrected chi connectivity index (χ1v) is 14.0. The number of hydrogen-bond donors (Lipinski definition) is 2. The Morgan fingerprint density at radius 3 is 2.44 bits per heavy atom. The van der Waals surface area contributed by atoms with E-state index in [2.05, 4.69) is 9.08 Å². The number of sulfonamides is 1. The number of rotatable bonds is 10. The number of hydrogen-bond acceptors (Lipinski definition) is 8. The Morgan fingerprint density at radius 2 is 1.83 bits per heavy atom. The zero-order valence-corrected chi connectivity index (χ0v) is 21.1. The van der Waals surface area contributed by atoms with Crippen LogP contribution >= 0.6 is 0 Å². The lowest BCUT2D eigenvalue weighted by Crippen LogP contribution is -2.29. The lowest BCUT2D eigenvalue weighted by molar-refractivity contribution is 0.379. The Kier molecular flexibility index (Phi) is 7.72. The van der Waals surface area contributed by atoms with E-state index in [0.717, 1.165) is 12.8 Å². The molecule has 0 spiro atoms. The van der Waals surface area contributed by atoms with Gasteiger partial charge in [0.05, 0.1) is 16.1 Å². The predicted molar refractivity (Wildman–Crippen MR) is 133 cm³/mol. The predicted octanol–water partition coefficient (Wildman–Crippen LogP) is 4.05. The van der Waals surface area contributed by atoms with Gasteiger partial charge in [-0.15, -0.1) is 4.36 Å². The Hall–Kier alpha value is -3.28. The molecular formula is C25H26N2O7S2. The van der Waals surface area contributed by atoms with Gasteiger partial charge in [0.25, 0.3) is 0 Å². The quantitative estimate of drug-likeness (QED) is 0.402. The standard InChI is InChI=1S/C25H26N2O7S2/c1-2-16(15-26-36(32,33)20-9-4-3-5-10-20)22-14-21(28)24(25(29)34-22)23(17-11-12-17)18-7-6-8-19(13-18)27-35(30)31/h3-10,13-14,16-17,23,26,28H,2,11-12,15H2,1H3. The molecule has 1 aromatic heterocycles. The Balaban J connectivity index is 1.63. The molecule has 1 saturated carbocycles. The second kappa shape index (κ2) is 10.8. The van der Waals surface area contributed by atoms with Crippen molar-refractivity contribution < 1.29 is 26.4 Å². The van der Waals surface area contributed by atoms with Gasteiger partial charge in [-0.2, -0.15) is 8.42 Å². The largest absolute Gasteiger partial charge is 0.507 e. The molecule has 2 atom stereocenters. The molecule has 2 aromatic carbocycles. The monoisotopic (exact) mass is 530 g/mol. The highest BCUT2D eigenvalue weighted by Crippen LogP contribution is 2.48. The van der Waals surface area contributed by atoms with Gasteiger partial charge in [-0.1, -0.05) is 37.3 Å². The van der Waals surface area contributed by atoms with E-state index in [1.165, 1.54) is 24.3 Å². The highest BCUT2D eigenvalue weighted by atomic mass is 32.2. The molecule has 2 unspecified atom stereocenters. The van der Waals surface area contributed by atoms with Gasteiger partial charge in [0.2, 0.25) is 10.0 Å². The molecule has 0 bridgehead atoms. The van der Waals surface area contributed by atoms with Crippen molar-refractivity contribution in [3.63, 3.8) is 0 Å². The van der Waals surface area contributed by atoms with Gasteiger partial charge in [-0.3, -0.25) is 0 Å². The molecule has 190 valence electrons. The van der Waals surface area contributed by atoms with E-state index >= 15 is 0 Å². The molecule has 0 amide bonds. The van der Waals surface area contributed by atoms with Gasteiger partial charge >= 0.3 is 16.1 Å². The molecule has 1 heterocycles. The van der Waals surface area contributed by atoms with Crippen LogP contribution in [0.1, 0.15) is 54.9 Å². The summed E-state index contributed by atoms with van der Waals surface area (Å²) in [4.78, 5) is 13.3. The van der Waals surface area contributed by atoms with Gasteiger partial charge in [-0.05, 0) is 55.0 Å². The highest BCUT2D eigenvalue weighted by Gasteiger charge is 2.37. The van der Waals surface area contributed by atoms with Crippen LogP contribution in [0.5, 0.6) is 5.75 Å². The van der Waals surface area contributed by atoms with E-state index in [1.54, 1.807) is 36.4 Å². The number of benzene rings is 2. The third-order valence-electron chi connectivity index (χ3n) is 6.27. The zero-order valence-electron chi connectivity index (χ0n) is 19.5. The van der Waals surface area contributed by atoms with Crippen LogP contribution in [0.2, 0.25) is 0 Å². The van der Waals surface area contributed by atoms with Crippen molar-refractivity contribution in [1.29, 1.82) is 0 Å². The topological polar surface area (TPSA) is 143 Å². The SMILES string of the molecule is CCC(CNS(=O)(=O)c1ccccc1)c1cc(O)c(C(c2cccc(N=S(=O)=O)c2)C2CC2)c(=O)o1. The molecule has 1 aliphatic carbocycles. The van der Waals surface area contributed by atoms with Gasteiger partial charge in [0.1, 0.15) is 11.5 Å². The first-order valence-electron chi connectivity index (χ1n) is 11.5. The zero-order chi connectivity index (χ0) is 25.9. The first-order chi connectivity index (χ1) is 17.2. The van der Waals surface area contributed by atoms with Crippen LogP contribution in [0.25, 0.3) is 0 Å². The molecule has 0 saturated heterocycles. The molecule has 3 aromatic rings. The molecule has 11 heteroatoms. The summed E-state index contributed by atoms with van der Waals surface area (Å²) in [5, 5.41) is 10.9. The maximum atomic E-state index is 13.1.